The van der Waals surface area contributed by atoms with E-state index in [-0.39, 0.29) is 19.0 Å². The summed E-state index contributed by atoms with van der Waals surface area (Å²) in [6.07, 6.45) is 0.130. The van der Waals surface area contributed by atoms with Crippen molar-refractivity contribution in [3.05, 3.63) is 101 Å². The molecule has 0 aliphatic heterocycles. The smallest absolute Gasteiger partial charge is 0.310 e. The van der Waals surface area contributed by atoms with Crippen molar-refractivity contribution in [2.24, 2.45) is 0 Å². The second-order valence-electron chi connectivity index (χ2n) is 5.85. The SMILES string of the molecule is O=C(Cc1ccc(OCc2ccccc2)cc1Cl)OCc1ccccc1. The second kappa shape index (κ2) is 9.07. The Labute approximate surface area is 158 Å². The maximum Gasteiger partial charge on any atom is 0.310 e. The number of carbonyl (C=O) groups excluding carboxylic acids is 1. The van der Waals surface area contributed by atoms with Crippen molar-refractivity contribution < 1.29 is 14.3 Å². The van der Waals surface area contributed by atoms with E-state index in [1.54, 1.807) is 12.1 Å². The van der Waals surface area contributed by atoms with Gasteiger partial charge in [-0.25, -0.2) is 0 Å². The monoisotopic (exact) mass is 366 g/mol. The molecule has 0 spiro atoms. The Balaban J connectivity index is 1.53. The van der Waals surface area contributed by atoms with Crippen LogP contribution in [0, 0.1) is 0 Å². The first-order valence-corrected chi connectivity index (χ1v) is 8.73. The zero-order valence-electron chi connectivity index (χ0n) is 14.2. The maximum absolute atomic E-state index is 12.0. The number of hydrogen-bond donors (Lipinski definition) is 0. The quantitative estimate of drug-likeness (QED) is 0.539. The molecule has 0 aliphatic carbocycles. The summed E-state index contributed by atoms with van der Waals surface area (Å²) in [7, 11) is 0. The van der Waals surface area contributed by atoms with Crippen LogP contribution in [-0.4, -0.2) is 5.97 Å². The molecule has 132 valence electrons. The molecule has 0 atom stereocenters. The van der Waals surface area contributed by atoms with E-state index in [4.69, 9.17) is 21.1 Å². The standard InChI is InChI=1S/C22H19ClO3/c23-21-14-20(25-15-17-7-3-1-4-8-17)12-11-19(21)13-22(24)26-16-18-9-5-2-6-10-18/h1-12,14H,13,15-16H2. The van der Waals surface area contributed by atoms with Crippen molar-refractivity contribution in [3.63, 3.8) is 0 Å². The van der Waals surface area contributed by atoms with Crippen LogP contribution in [0.15, 0.2) is 78.9 Å². The van der Waals surface area contributed by atoms with Gasteiger partial charge in [0, 0.05) is 5.02 Å². The molecular formula is C22H19ClO3. The molecule has 0 aromatic heterocycles. The third-order valence-electron chi connectivity index (χ3n) is 3.85. The molecule has 3 aromatic carbocycles. The van der Waals surface area contributed by atoms with Crippen LogP contribution < -0.4 is 4.74 Å². The van der Waals surface area contributed by atoms with Gasteiger partial charge in [-0.2, -0.15) is 0 Å². The average Bonchev–Trinajstić information content (AvgIpc) is 2.68. The van der Waals surface area contributed by atoms with Crippen LogP contribution in [0.1, 0.15) is 16.7 Å². The molecule has 3 aromatic rings. The van der Waals surface area contributed by atoms with Crippen LogP contribution in [0.4, 0.5) is 0 Å². The summed E-state index contributed by atoms with van der Waals surface area (Å²) in [5, 5.41) is 0.493. The first-order valence-electron chi connectivity index (χ1n) is 8.35. The van der Waals surface area contributed by atoms with Crippen molar-refractivity contribution in [1.29, 1.82) is 0 Å². The number of hydrogen-bond acceptors (Lipinski definition) is 3. The van der Waals surface area contributed by atoms with Gasteiger partial charge in [-0.05, 0) is 28.8 Å². The van der Waals surface area contributed by atoms with E-state index in [1.807, 2.05) is 66.7 Å². The van der Waals surface area contributed by atoms with E-state index in [0.29, 0.717) is 17.4 Å². The Bertz CT molecular complexity index is 848. The number of halogens is 1. The number of esters is 1. The molecule has 4 heteroatoms. The highest BCUT2D eigenvalue weighted by Crippen LogP contribution is 2.24. The van der Waals surface area contributed by atoms with Gasteiger partial charge in [-0.15, -0.1) is 0 Å². The molecule has 0 unspecified atom stereocenters. The third kappa shape index (κ3) is 5.36. The highest BCUT2D eigenvalue weighted by molar-refractivity contribution is 6.31. The molecular weight excluding hydrogens is 348 g/mol. The lowest BCUT2D eigenvalue weighted by Gasteiger charge is -2.10. The Morgan fingerprint density at radius 3 is 2.04 bits per heavy atom. The number of rotatable bonds is 7. The van der Waals surface area contributed by atoms with Gasteiger partial charge in [0.1, 0.15) is 19.0 Å². The molecule has 0 heterocycles. The van der Waals surface area contributed by atoms with E-state index < -0.39 is 0 Å². The Morgan fingerprint density at radius 1 is 0.808 bits per heavy atom. The fraction of sp³-hybridized carbons (Fsp3) is 0.136. The van der Waals surface area contributed by atoms with Crippen LogP contribution in [0.5, 0.6) is 5.75 Å². The van der Waals surface area contributed by atoms with Gasteiger partial charge in [-0.1, -0.05) is 78.3 Å². The second-order valence-corrected chi connectivity index (χ2v) is 6.26. The fourth-order valence-electron chi connectivity index (χ4n) is 2.45. The predicted octanol–water partition coefficient (Wildman–Crippen LogP) is 5.20. The summed E-state index contributed by atoms with van der Waals surface area (Å²) >= 11 is 6.28. The summed E-state index contributed by atoms with van der Waals surface area (Å²) < 4.78 is 11.0. The largest absolute Gasteiger partial charge is 0.489 e. The molecule has 0 aliphatic rings. The minimum Gasteiger partial charge on any atom is -0.489 e. The number of ether oxygens (including phenoxy) is 2. The number of carbonyl (C=O) groups is 1. The van der Waals surface area contributed by atoms with Crippen molar-refractivity contribution in [2.45, 2.75) is 19.6 Å². The van der Waals surface area contributed by atoms with Crippen LogP contribution in [-0.2, 0) is 29.2 Å². The lowest BCUT2D eigenvalue weighted by molar-refractivity contribution is -0.144. The average molecular weight is 367 g/mol. The zero-order chi connectivity index (χ0) is 18.2. The summed E-state index contributed by atoms with van der Waals surface area (Å²) in [4.78, 5) is 12.0. The van der Waals surface area contributed by atoms with Gasteiger partial charge >= 0.3 is 5.97 Å². The van der Waals surface area contributed by atoms with Gasteiger partial charge in [0.25, 0.3) is 0 Å². The summed E-state index contributed by atoms with van der Waals surface area (Å²) in [5.74, 6) is 0.356. The normalized spacial score (nSPS) is 10.3. The van der Waals surface area contributed by atoms with Crippen molar-refractivity contribution in [2.75, 3.05) is 0 Å². The molecule has 0 N–H and O–H groups in total. The van der Waals surface area contributed by atoms with Gasteiger partial charge in [0.2, 0.25) is 0 Å². The first-order chi connectivity index (χ1) is 12.7. The van der Waals surface area contributed by atoms with Crippen LogP contribution >= 0.6 is 11.6 Å². The van der Waals surface area contributed by atoms with E-state index in [9.17, 15) is 4.79 Å². The minimum absolute atomic E-state index is 0.130. The molecule has 0 saturated heterocycles. The molecule has 0 fully saturated rings. The zero-order valence-corrected chi connectivity index (χ0v) is 15.0. The van der Waals surface area contributed by atoms with Crippen LogP contribution in [0.3, 0.4) is 0 Å². The molecule has 0 saturated carbocycles. The molecule has 3 nitrogen and oxygen atoms in total. The Morgan fingerprint density at radius 2 is 1.42 bits per heavy atom. The lowest BCUT2D eigenvalue weighted by atomic mass is 10.1. The molecule has 0 amide bonds. The van der Waals surface area contributed by atoms with E-state index >= 15 is 0 Å². The minimum atomic E-state index is -0.311. The predicted molar refractivity (Wildman–Crippen MR) is 102 cm³/mol. The molecule has 0 radical (unpaired) electrons. The fourth-order valence-corrected chi connectivity index (χ4v) is 2.68. The van der Waals surface area contributed by atoms with E-state index in [0.717, 1.165) is 16.7 Å². The molecule has 26 heavy (non-hydrogen) atoms. The van der Waals surface area contributed by atoms with Gasteiger partial charge in [0.05, 0.1) is 6.42 Å². The summed E-state index contributed by atoms with van der Waals surface area (Å²) in [6.45, 7) is 0.727. The first kappa shape index (κ1) is 18.0. The van der Waals surface area contributed by atoms with Gasteiger partial charge in [-0.3, -0.25) is 4.79 Å². The highest BCUT2D eigenvalue weighted by Gasteiger charge is 2.10. The topological polar surface area (TPSA) is 35.5 Å². The van der Waals surface area contributed by atoms with E-state index in [2.05, 4.69) is 0 Å². The summed E-state index contributed by atoms with van der Waals surface area (Å²) in [6, 6.07) is 24.8. The maximum atomic E-state index is 12.0. The summed E-state index contributed by atoms with van der Waals surface area (Å²) in [5.41, 5.74) is 2.76. The lowest BCUT2D eigenvalue weighted by Crippen LogP contribution is -2.08. The van der Waals surface area contributed by atoms with E-state index in [1.165, 1.54) is 0 Å². The van der Waals surface area contributed by atoms with Crippen LogP contribution in [0.25, 0.3) is 0 Å². The van der Waals surface area contributed by atoms with Gasteiger partial charge in [0.15, 0.2) is 0 Å². The molecule has 3 rings (SSSR count). The Kier molecular flexibility index (Phi) is 6.29. The number of benzene rings is 3. The van der Waals surface area contributed by atoms with Crippen molar-refractivity contribution in [3.8, 4) is 5.75 Å². The Hall–Kier alpha value is -2.78. The third-order valence-corrected chi connectivity index (χ3v) is 4.20. The van der Waals surface area contributed by atoms with Crippen molar-refractivity contribution >= 4 is 17.6 Å². The highest BCUT2D eigenvalue weighted by atomic mass is 35.5. The van der Waals surface area contributed by atoms with Gasteiger partial charge < -0.3 is 9.47 Å². The van der Waals surface area contributed by atoms with Crippen LogP contribution in [0.2, 0.25) is 5.02 Å². The molecule has 0 bridgehead atoms. The van der Waals surface area contributed by atoms with Crippen molar-refractivity contribution in [1.82, 2.24) is 0 Å².